The molecule has 1 N–H and O–H groups in total. The number of carbonyl (C=O) groups excluding carboxylic acids is 1. The standard InChI is InChI=1S/C25H27F2N5O3/c1-4-15-5-6-17(26)22(21(15)27)30-23-16-11-19(20(34-3)12-18(16)28-14-29-23)32-13-25(35-24(32)33)7-9-31(2)10-8-25/h5-6,11-12,14H,4,7-10,13H2,1-3H3,(H,28,29,30). The molecule has 2 saturated heterocycles. The van der Waals surface area contributed by atoms with Gasteiger partial charge >= 0.3 is 6.09 Å². The van der Waals surface area contributed by atoms with Crippen LogP contribution in [-0.4, -0.2) is 60.4 Å². The van der Waals surface area contributed by atoms with Gasteiger partial charge in [0.05, 0.1) is 24.9 Å². The van der Waals surface area contributed by atoms with Crippen molar-refractivity contribution in [2.24, 2.45) is 0 Å². The number of benzene rings is 2. The summed E-state index contributed by atoms with van der Waals surface area (Å²) in [5.74, 6) is -0.742. The van der Waals surface area contributed by atoms with Crippen molar-refractivity contribution in [3.63, 3.8) is 0 Å². The molecule has 2 aromatic carbocycles. The molecule has 2 aliphatic rings. The number of likely N-dealkylation sites (tertiary alicyclic amines) is 1. The summed E-state index contributed by atoms with van der Waals surface area (Å²) >= 11 is 0. The van der Waals surface area contributed by atoms with Crippen LogP contribution in [0.3, 0.4) is 0 Å². The van der Waals surface area contributed by atoms with E-state index >= 15 is 0 Å². The lowest BCUT2D eigenvalue weighted by Gasteiger charge is -2.35. The summed E-state index contributed by atoms with van der Waals surface area (Å²) in [6.07, 6.45) is 2.75. The molecule has 1 aromatic heterocycles. The van der Waals surface area contributed by atoms with E-state index in [9.17, 15) is 13.6 Å². The summed E-state index contributed by atoms with van der Waals surface area (Å²) in [4.78, 5) is 25.2. The van der Waals surface area contributed by atoms with E-state index in [1.165, 1.54) is 25.6 Å². The fraction of sp³-hybridized carbons (Fsp3) is 0.400. The zero-order valence-electron chi connectivity index (χ0n) is 19.9. The van der Waals surface area contributed by atoms with Crippen molar-refractivity contribution < 1.29 is 23.0 Å². The maximum Gasteiger partial charge on any atom is 0.415 e. The molecule has 2 fully saturated rings. The lowest BCUT2D eigenvalue weighted by Crippen LogP contribution is -2.45. The number of carbonyl (C=O) groups is 1. The third kappa shape index (κ3) is 4.12. The first-order valence-electron chi connectivity index (χ1n) is 11.6. The van der Waals surface area contributed by atoms with E-state index in [0.717, 1.165) is 25.9 Å². The van der Waals surface area contributed by atoms with Gasteiger partial charge in [0.25, 0.3) is 0 Å². The number of hydrogen-bond donors (Lipinski definition) is 1. The van der Waals surface area contributed by atoms with E-state index in [1.54, 1.807) is 24.0 Å². The van der Waals surface area contributed by atoms with Crippen LogP contribution in [0.15, 0.2) is 30.6 Å². The molecule has 0 unspecified atom stereocenters. The average Bonchev–Trinajstić information content (AvgIpc) is 3.18. The van der Waals surface area contributed by atoms with Crippen molar-refractivity contribution in [3.05, 3.63) is 47.8 Å². The van der Waals surface area contributed by atoms with Crippen LogP contribution in [-0.2, 0) is 11.2 Å². The minimum absolute atomic E-state index is 0.214. The predicted octanol–water partition coefficient (Wildman–Crippen LogP) is 4.64. The Morgan fingerprint density at radius 2 is 1.97 bits per heavy atom. The first kappa shape index (κ1) is 23.2. The molecule has 35 heavy (non-hydrogen) atoms. The zero-order chi connectivity index (χ0) is 24.7. The van der Waals surface area contributed by atoms with Crippen molar-refractivity contribution in [1.82, 2.24) is 14.9 Å². The van der Waals surface area contributed by atoms with Crippen LogP contribution in [0.25, 0.3) is 10.9 Å². The summed E-state index contributed by atoms with van der Waals surface area (Å²) in [5, 5.41) is 3.29. The summed E-state index contributed by atoms with van der Waals surface area (Å²) in [6, 6.07) is 6.03. The Hall–Kier alpha value is -3.53. The number of fused-ring (bicyclic) bond motifs is 1. The Balaban J connectivity index is 1.56. The Bertz CT molecular complexity index is 1290. The van der Waals surface area contributed by atoms with Gasteiger partial charge in [-0.05, 0) is 31.2 Å². The van der Waals surface area contributed by atoms with E-state index in [1.807, 2.05) is 7.05 Å². The number of nitrogens with zero attached hydrogens (tertiary/aromatic N) is 4. The number of piperidine rings is 1. The number of aromatic nitrogens is 2. The number of ether oxygens (including phenoxy) is 2. The van der Waals surface area contributed by atoms with Gasteiger partial charge in [-0.2, -0.15) is 0 Å². The van der Waals surface area contributed by atoms with Crippen molar-refractivity contribution in [3.8, 4) is 5.75 Å². The minimum atomic E-state index is -0.729. The van der Waals surface area contributed by atoms with Gasteiger partial charge in [0.2, 0.25) is 0 Å². The molecule has 0 aliphatic carbocycles. The summed E-state index contributed by atoms with van der Waals surface area (Å²) < 4.78 is 40.9. The van der Waals surface area contributed by atoms with Crippen molar-refractivity contribution in [1.29, 1.82) is 0 Å². The quantitative estimate of drug-likeness (QED) is 0.566. The molecule has 1 amide bonds. The highest BCUT2D eigenvalue weighted by Crippen LogP contribution is 2.41. The van der Waals surface area contributed by atoms with E-state index in [0.29, 0.717) is 40.9 Å². The number of halogens is 2. The van der Waals surface area contributed by atoms with E-state index < -0.39 is 23.3 Å². The maximum absolute atomic E-state index is 14.9. The molecule has 184 valence electrons. The number of nitrogens with one attached hydrogen (secondary N) is 1. The lowest BCUT2D eigenvalue weighted by atomic mass is 9.91. The Morgan fingerprint density at radius 1 is 1.20 bits per heavy atom. The van der Waals surface area contributed by atoms with Gasteiger partial charge in [0.15, 0.2) is 5.82 Å². The summed E-state index contributed by atoms with van der Waals surface area (Å²) in [6.45, 7) is 3.86. The summed E-state index contributed by atoms with van der Waals surface area (Å²) in [7, 11) is 3.56. The molecule has 3 heterocycles. The Labute approximate surface area is 201 Å². The van der Waals surface area contributed by atoms with Gasteiger partial charge in [0, 0.05) is 37.4 Å². The van der Waals surface area contributed by atoms with Crippen molar-refractivity contribution in [2.75, 3.05) is 44.0 Å². The third-order valence-electron chi connectivity index (χ3n) is 6.89. The second-order valence-corrected chi connectivity index (χ2v) is 9.08. The molecule has 2 aliphatic heterocycles. The molecule has 0 saturated carbocycles. The minimum Gasteiger partial charge on any atom is -0.494 e. The molecule has 0 atom stereocenters. The molecule has 8 nitrogen and oxygen atoms in total. The Kier molecular flexibility index (Phi) is 5.92. The second kappa shape index (κ2) is 8.92. The van der Waals surface area contributed by atoms with Crippen molar-refractivity contribution in [2.45, 2.75) is 31.8 Å². The fourth-order valence-electron chi connectivity index (χ4n) is 4.74. The highest BCUT2D eigenvalue weighted by Gasteiger charge is 2.47. The lowest BCUT2D eigenvalue weighted by molar-refractivity contribution is 0.00678. The predicted molar refractivity (Wildman–Crippen MR) is 128 cm³/mol. The van der Waals surface area contributed by atoms with Gasteiger partial charge in [-0.1, -0.05) is 13.0 Å². The van der Waals surface area contributed by atoms with Crippen LogP contribution in [0, 0.1) is 11.6 Å². The average molecular weight is 484 g/mol. The van der Waals surface area contributed by atoms with E-state index in [4.69, 9.17) is 9.47 Å². The van der Waals surface area contributed by atoms with Gasteiger partial charge in [-0.3, -0.25) is 4.90 Å². The topological polar surface area (TPSA) is 79.8 Å². The first-order valence-corrected chi connectivity index (χ1v) is 11.6. The fourth-order valence-corrected chi connectivity index (χ4v) is 4.74. The number of rotatable bonds is 5. The molecule has 0 bridgehead atoms. The van der Waals surface area contributed by atoms with Crippen LogP contribution in [0.1, 0.15) is 25.3 Å². The molecule has 3 aromatic rings. The number of hydrogen-bond acceptors (Lipinski definition) is 7. The van der Waals surface area contributed by atoms with Gasteiger partial charge in [-0.25, -0.2) is 23.5 Å². The second-order valence-electron chi connectivity index (χ2n) is 9.08. The van der Waals surface area contributed by atoms with Crippen LogP contribution < -0.4 is 15.0 Å². The number of anilines is 3. The smallest absolute Gasteiger partial charge is 0.415 e. The number of aryl methyl sites for hydroxylation is 1. The van der Waals surface area contributed by atoms with Gasteiger partial charge < -0.3 is 19.7 Å². The summed E-state index contributed by atoms with van der Waals surface area (Å²) in [5.41, 5.74) is 0.537. The maximum atomic E-state index is 14.9. The number of methoxy groups -OCH3 is 1. The van der Waals surface area contributed by atoms with Crippen molar-refractivity contribution >= 4 is 34.2 Å². The Morgan fingerprint density at radius 3 is 2.69 bits per heavy atom. The van der Waals surface area contributed by atoms with Gasteiger partial charge in [0.1, 0.15) is 35.0 Å². The highest BCUT2D eigenvalue weighted by molar-refractivity contribution is 6.00. The zero-order valence-corrected chi connectivity index (χ0v) is 19.9. The van der Waals surface area contributed by atoms with Crippen LogP contribution >= 0.6 is 0 Å². The molecule has 0 radical (unpaired) electrons. The normalized spacial score (nSPS) is 17.7. The third-order valence-corrected chi connectivity index (χ3v) is 6.89. The largest absolute Gasteiger partial charge is 0.494 e. The van der Waals surface area contributed by atoms with E-state index in [2.05, 4.69) is 20.2 Å². The van der Waals surface area contributed by atoms with Gasteiger partial charge in [-0.15, -0.1) is 0 Å². The molecule has 10 heteroatoms. The first-order chi connectivity index (χ1) is 16.8. The van der Waals surface area contributed by atoms with E-state index in [-0.39, 0.29) is 11.5 Å². The van der Waals surface area contributed by atoms with Crippen LogP contribution in [0.4, 0.5) is 30.8 Å². The molecule has 5 rings (SSSR count). The SMILES string of the molecule is CCc1ccc(F)c(Nc2ncnc3cc(OC)c(N4CC5(CCN(C)CC5)OC4=O)cc23)c1F. The monoisotopic (exact) mass is 483 g/mol. The highest BCUT2D eigenvalue weighted by atomic mass is 19.1. The van der Waals surface area contributed by atoms with Crippen LogP contribution in [0.5, 0.6) is 5.75 Å². The number of amides is 1. The molecular weight excluding hydrogens is 456 g/mol. The molecule has 1 spiro atoms. The van der Waals surface area contributed by atoms with Crippen LogP contribution in [0.2, 0.25) is 0 Å². The molecular formula is C25H27F2N5O3.